The maximum Gasteiger partial charge on any atom is 0.164 e. The van der Waals surface area contributed by atoms with Crippen molar-refractivity contribution >= 4 is 32.3 Å². The van der Waals surface area contributed by atoms with Gasteiger partial charge >= 0.3 is 0 Å². The molecule has 3 saturated carbocycles. The summed E-state index contributed by atoms with van der Waals surface area (Å²) in [5.41, 5.74) is 5.17. The van der Waals surface area contributed by atoms with Crippen LogP contribution in [0.25, 0.3) is 66.5 Å². The molecule has 5 atom stereocenters. The molecule has 1 aromatic heterocycles. The van der Waals surface area contributed by atoms with Gasteiger partial charge in [-0.2, -0.15) is 5.26 Å². The fraction of sp³-hybridized carbons (Fsp3) is 0.227. The van der Waals surface area contributed by atoms with E-state index in [1.807, 2.05) is 18.2 Å². The van der Waals surface area contributed by atoms with Crippen LogP contribution in [-0.4, -0.2) is 15.0 Å². The van der Waals surface area contributed by atoms with Crippen LogP contribution in [0.1, 0.15) is 43.7 Å². The van der Waals surface area contributed by atoms with Gasteiger partial charge in [0, 0.05) is 16.7 Å². The summed E-state index contributed by atoms with van der Waals surface area (Å²) < 4.78 is 0. The number of benzene rings is 6. The molecule has 7 aromatic rings. The van der Waals surface area contributed by atoms with Crippen LogP contribution in [0, 0.1) is 35.0 Å². The van der Waals surface area contributed by atoms with Crippen molar-refractivity contribution in [1.82, 2.24) is 15.0 Å². The molecule has 48 heavy (non-hydrogen) atoms. The van der Waals surface area contributed by atoms with E-state index in [1.165, 1.54) is 47.4 Å². The van der Waals surface area contributed by atoms with Crippen molar-refractivity contribution in [2.75, 3.05) is 0 Å². The van der Waals surface area contributed by atoms with E-state index in [0.29, 0.717) is 23.0 Å². The molecular weight excluding hydrogens is 585 g/mol. The van der Waals surface area contributed by atoms with E-state index in [2.05, 4.69) is 110 Å². The summed E-state index contributed by atoms with van der Waals surface area (Å²) in [5, 5.41) is 16.4. The standard InChI is InChI=1S/C44H34N4/c1-44(23-34-21-33-22-35(24-44)40(33)34)39-17-16-38(36-8-4-5-9-37(36)39)43-47-41(30-14-12-27-6-2-3-7-29(27)19-30)46-42(48-43)31-15-13-28-11-10-26(25-45)18-32(28)20-31/h2-20,33-35,40H,21-24H2,1H3/t33?,34-,35+,40?,44?. The monoisotopic (exact) mass is 618 g/mol. The van der Waals surface area contributed by atoms with E-state index in [0.717, 1.165) is 56.5 Å². The van der Waals surface area contributed by atoms with E-state index in [4.69, 9.17) is 15.0 Å². The van der Waals surface area contributed by atoms with Gasteiger partial charge in [-0.25, -0.2) is 15.0 Å². The van der Waals surface area contributed by atoms with Gasteiger partial charge in [-0.15, -0.1) is 0 Å². The van der Waals surface area contributed by atoms with Crippen molar-refractivity contribution in [3.63, 3.8) is 0 Å². The number of hydrogen-bond acceptors (Lipinski definition) is 4. The average molecular weight is 619 g/mol. The first-order chi connectivity index (χ1) is 23.5. The summed E-state index contributed by atoms with van der Waals surface area (Å²) in [6.07, 6.45) is 5.46. The third kappa shape index (κ3) is 4.24. The van der Waals surface area contributed by atoms with Gasteiger partial charge in [0.25, 0.3) is 0 Å². The zero-order chi connectivity index (χ0) is 32.0. The van der Waals surface area contributed by atoms with Crippen molar-refractivity contribution in [2.45, 2.75) is 38.0 Å². The van der Waals surface area contributed by atoms with Crippen LogP contribution >= 0.6 is 0 Å². The smallest absolute Gasteiger partial charge is 0.164 e. The van der Waals surface area contributed by atoms with Crippen LogP contribution in [0.15, 0.2) is 115 Å². The maximum absolute atomic E-state index is 9.55. The van der Waals surface area contributed by atoms with Gasteiger partial charge in [0.15, 0.2) is 17.5 Å². The van der Waals surface area contributed by atoms with Crippen LogP contribution in [0.5, 0.6) is 0 Å². The third-order valence-corrected chi connectivity index (χ3v) is 12.0. The Morgan fingerprint density at radius 3 is 1.90 bits per heavy atom. The summed E-state index contributed by atoms with van der Waals surface area (Å²) >= 11 is 0. The SMILES string of the molecule is CC1(c2ccc(-c3nc(-c4ccc5ccccc5c4)nc(-c4ccc5ccc(C#N)cc5c4)n3)c3ccccc23)C[C@H]2CC3C[C@@H](C1)C32. The van der Waals surface area contributed by atoms with Crippen molar-refractivity contribution in [3.8, 4) is 40.2 Å². The van der Waals surface area contributed by atoms with Gasteiger partial charge in [-0.1, -0.05) is 97.9 Å². The molecule has 3 aliphatic carbocycles. The molecule has 0 spiro atoms. The lowest BCUT2D eigenvalue weighted by atomic mass is 9.39. The van der Waals surface area contributed by atoms with Gasteiger partial charge < -0.3 is 0 Å². The molecule has 0 radical (unpaired) electrons. The van der Waals surface area contributed by atoms with E-state index >= 15 is 0 Å². The van der Waals surface area contributed by atoms with Crippen LogP contribution < -0.4 is 0 Å². The zero-order valence-electron chi connectivity index (χ0n) is 26.9. The topological polar surface area (TPSA) is 62.5 Å². The minimum Gasteiger partial charge on any atom is -0.208 e. The summed E-state index contributed by atoms with van der Waals surface area (Å²) in [7, 11) is 0. The molecule has 3 fully saturated rings. The Morgan fingerprint density at radius 1 is 0.583 bits per heavy atom. The Hall–Kier alpha value is -5.40. The average Bonchev–Trinajstić information content (AvgIpc) is 3.11. The minimum atomic E-state index is 0.184. The lowest BCUT2D eigenvalue weighted by Crippen LogP contribution is -2.58. The fourth-order valence-corrected chi connectivity index (χ4v) is 9.72. The predicted molar refractivity (Wildman–Crippen MR) is 193 cm³/mol. The Morgan fingerprint density at radius 2 is 1.19 bits per heavy atom. The van der Waals surface area contributed by atoms with E-state index in [9.17, 15) is 5.26 Å². The highest BCUT2D eigenvalue weighted by molar-refractivity contribution is 5.98. The zero-order valence-corrected chi connectivity index (χ0v) is 26.9. The minimum absolute atomic E-state index is 0.184. The van der Waals surface area contributed by atoms with Crippen LogP contribution in [-0.2, 0) is 5.41 Å². The quantitative estimate of drug-likeness (QED) is 0.197. The van der Waals surface area contributed by atoms with Gasteiger partial charge in [-0.3, -0.25) is 0 Å². The number of nitriles is 1. The molecule has 230 valence electrons. The van der Waals surface area contributed by atoms with Crippen molar-refractivity contribution in [3.05, 3.63) is 126 Å². The molecule has 10 rings (SSSR count). The molecule has 0 bridgehead atoms. The molecule has 4 nitrogen and oxygen atoms in total. The number of hydrogen-bond donors (Lipinski definition) is 0. The van der Waals surface area contributed by atoms with Crippen molar-refractivity contribution < 1.29 is 0 Å². The lowest BCUT2D eigenvalue weighted by Gasteiger charge is -2.65. The molecule has 0 amide bonds. The van der Waals surface area contributed by atoms with Crippen molar-refractivity contribution in [2.24, 2.45) is 23.7 Å². The van der Waals surface area contributed by atoms with Gasteiger partial charge in [0.2, 0.25) is 0 Å². The molecule has 6 aromatic carbocycles. The van der Waals surface area contributed by atoms with Gasteiger partial charge in [-0.05, 0) is 117 Å². The van der Waals surface area contributed by atoms with Crippen LogP contribution in [0.2, 0.25) is 0 Å². The molecule has 1 heterocycles. The fourth-order valence-electron chi connectivity index (χ4n) is 9.72. The summed E-state index contributed by atoms with van der Waals surface area (Å²) in [4.78, 5) is 15.5. The normalized spacial score (nSPS) is 24.1. The van der Waals surface area contributed by atoms with Gasteiger partial charge in [0.1, 0.15) is 0 Å². The Balaban J connectivity index is 1.15. The second-order valence-corrected chi connectivity index (χ2v) is 14.8. The summed E-state index contributed by atoms with van der Waals surface area (Å²) in [5.74, 6) is 5.76. The molecule has 0 N–H and O–H groups in total. The van der Waals surface area contributed by atoms with Crippen LogP contribution in [0.3, 0.4) is 0 Å². The summed E-state index contributed by atoms with van der Waals surface area (Å²) in [6.45, 7) is 2.52. The number of rotatable bonds is 4. The van der Waals surface area contributed by atoms with Crippen molar-refractivity contribution in [1.29, 1.82) is 5.26 Å². The predicted octanol–water partition coefficient (Wildman–Crippen LogP) is 10.5. The maximum atomic E-state index is 9.55. The largest absolute Gasteiger partial charge is 0.208 e. The molecule has 0 saturated heterocycles. The highest BCUT2D eigenvalue weighted by Gasteiger charge is 2.59. The second kappa shape index (κ2) is 10.3. The van der Waals surface area contributed by atoms with E-state index in [-0.39, 0.29) is 5.41 Å². The first kappa shape index (κ1) is 27.7. The first-order valence-electron chi connectivity index (χ1n) is 17.3. The Kier molecular flexibility index (Phi) is 5.94. The molecule has 4 heteroatoms. The molecule has 3 unspecified atom stereocenters. The van der Waals surface area contributed by atoms with Gasteiger partial charge in [0.05, 0.1) is 11.6 Å². The number of nitrogens with zero attached hydrogens (tertiary/aromatic N) is 4. The lowest BCUT2D eigenvalue weighted by molar-refractivity contribution is -0.141. The Bertz CT molecular complexity index is 2470. The highest BCUT2D eigenvalue weighted by atomic mass is 15.0. The molecule has 0 aliphatic heterocycles. The third-order valence-electron chi connectivity index (χ3n) is 12.0. The second-order valence-electron chi connectivity index (χ2n) is 14.8. The first-order valence-corrected chi connectivity index (χ1v) is 17.3. The highest BCUT2D eigenvalue weighted by Crippen LogP contribution is 2.67. The Labute approximate surface area is 280 Å². The van der Waals surface area contributed by atoms with E-state index in [1.54, 1.807) is 0 Å². The number of aromatic nitrogens is 3. The molecular formula is C44H34N4. The van der Waals surface area contributed by atoms with E-state index < -0.39 is 0 Å². The van der Waals surface area contributed by atoms with Crippen LogP contribution in [0.4, 0.5) is 0 Å². The number of fused-ring (bicyclic) bond motifs is 3. The molecule has 3 aliphatic rings. The summed E-state index contributed by atoms with van der Waals surface area (Å²) in [6, 6.07) is 42.6.